The van der Waals surface area contributed by atoms with Crippen molar-refractivity contribution in [2.45, 2.75) is 45.8 Å². The zero-order valence-electron chi connectivity index (χ0n) is 11.7. The molecule has 1 N–H and O–H groups in total. The number of aryl methyl sites for hydroxylation is 1. The maximum atomic E-state index is 12.0. The fourth-order valence-corrected chi connectivity index (χ4v) is 2.34. The summed E-state index contributed by atoms with van der Waals surface area (Å²) in [6, 6.07) is 1.66. The molecule has 0 aliphatic carbocycles. The van der Waals surface area contributed by atoms with Crippen LogP contribution in [-0.4, -0.2) is 34.1 Å². The van der Waals surface area contributed by atoms with Crippen molar-refractivity contribution in [3.05, 3.63) is 22.6 Å². The minimum Gasteiger partial charge on any atom is -0.393 e. The Labute approximate surface area is 113 Å². The van der Waals surface area contributed by atoms with Gasteiger partial charge in [0.2, 0.25) is 0 Å². The van der Waals surface area contributed by atoms with Crippen LogP contribution >= 0.6 is 0 Å². The maximum absolute atomic E-state index is 12.0. The fraction of sp³-hybridized carbons (Fsp3) is 0.714. The highest BCUT2D eigenvalue weighted by atomic mass is 16.3. The molecule has 0 bridgehead atoms. The zero-order chi connectivity index (χ0) is 13.8. The van der Waals surface area contributed by atoms with E-state index in [0.29, 0.717) is 13.0 Å². The predicted octanol–water partition coefficient (Wildman–Crippen LogP) is 1.25. The van der Waals surface area contributed by atoms with Crippen molar-refractivity contribution in [2.75, 3.05) is 18.0 Å². The minimum atomic E-state index is -0.406. The third-order valence-corrected chi connectivity index (χ3v) is 3.76. The van der Waals surface area contributed by atoms with Gasteiger partial charge in [-0.15, -0.1) is 0 Å². The second-order valence-electron chi connectivity index (χ2n) is 5.58. The number of hydrogen-bond donors (Lipinski definition) is 1. The Kier molecular flexibility index (Phi) is 4.58. The Morgan fingerprint density at radius 1 is 1.47 bits per heavy atom. The third-order valence-electron chi connectivity index (χ3n) is 3.76. The number of rotatable bonds is 4. The van der Waals surface area contributed by atoms with Gasteiger partial charge < -0.3 is 10.0 Å². The highest BCUT2D eigenvalue weighted by Crippen LogP contribution is 2.20. The van der Waals surface area contributed by atoms with Crippen molar-refractivity contribution in [1.29, 1.82) is 0 Å². The fourth-order valence-electron chi connectivity index (χ4n) is 2.34. The molecule has 5 heteroatoms. The van der Waals surface area contributed by atoms with Crippen LogP contribution in [0.3, 0.4) is 0 Å². The standard InChI is InChI=1S/C14H23N3O2/c1-11-3-6-16(7-4-11)13-9-14(19)17(15-10-13)8-5-12(2)18/h9-12,18H,3-8H2,1-2H3. The predicted molar refractivity (Wildman–Crippen MR) is 75.4 cm³/mol. The molecular formula is C14H23N3O2. The van der Waals surface area contributed by atoms with Gasteiger partial charge in [0.25, 0.3) is 5.56 Å². The van der Waals surface area contributed by atoms with Crippen LogP contribution in [0.4, 0.5) is 5.69 Å². The Hall–Kier alpha value is -1.36. The number of anilines is 1. The van der Waals surface area contributed by atoms with Crippen molar-refractivity contribution < 1.29 is 5.11 Å². The molecule has 0 radical (unpaired) electrons. The van der Waals surface area contributed by atoms with Crippen LogP contribution in [0.25, 0.3) is 0 Å². The Bertz CT molecular complexity index is 462. The number of hydrogen-bond acceptors (Lipinski definition) is 4. The zero-order valence-corrected chi connectivity index (χ0v) is 11.7. The lowest BCUT2D eigenvalue weighted by atomic mass is 9.99. The molecular weight excluding hydrogens is 242 g/mol. The highest BCUT2D eigenvalue weighted by molar-refractivity contribution is 5.43. The van der Waals surface area contributed by atoms with E-state index >= 15 is 0 Å². The number of piperidine rings is 1. The van der Waals surface area contributed by atoms with Crippen LogP contribution < -0.4 is 10.5 Å². The maximum Gasteiger partial charge on any atom is 0.268 e. The molecule has 0 saturated carbocycles. The van der Waals surface area contributed by atoms with Crippen molar-refractivity contribution >= 4 is 5.69 Å². The molecule has 1 unspecified atom stereocenters. The van der Waals surface area contributed by atoms with Gasteiger partial charge in [-0.25, -0.2) is 4.68 Å². The summed E-state index contributed by atoms with van der Waals surface area (Å²) in [4.78, 5) is 14.2. The van der Waals surface area contributed by atoms with Crippen LogP contribution in [0.5, 0.6) is 0 Å². The van der Waals surface area contributed by atoms with Crippen molar-refractivity contribution in [1.82, 2.24) is 9.78 Å². The van der Waals surface area contributed by atoms with Crippen molar-refractivity contribution in [2.24, 2.45) is 5.92 Å². The average molecular weight is 265 g/mol. The minimum absolute atomic E-state index is 0.0863. The summed E-state index contributed by atoms with van der Waals surface area (Å²) < 4.78 is 1.42. The molecule has 106 valence electrons. The van der Waals surface area contributed by atoms with Crippen LogP contribution in [0.2, 0.25) is 0 Å². The van der Waals surface area contributed by atoms with E-state index in [1.807, 2.05) is 0 Å². The molecule has 1 aromatic heterocycles. The number of aromatic nitrogens is 2. The lowest BCUT2D eigenvalue weighted by Gasteiger charge is -2.31. The van der Waals surface area contributed by atoms with Crippen molar-refractivity contribution in [3.63, 3.8) is 0 Å². The van der Waals surface area contributed by atoms with Gasteiger partial charge in [0.1, 0.15) is 0 Å². The van der Waals surface area contributed by atoms with Gasteiger partial charge in [0.05, 0.1) is 18.0 Å². The molecule has 5 nitrogen and oxygen atoms in total. The first kappa shape index (κ1) is 14.1. The summed E-state index contributed by atoms with van der Waals surface area (Å²) in [5.41, 5.74) is 0.835. The quantitative estimate of drug-likeness (QED) is 0.890. The lowest BCUT2D eigenvalue weighted by molar-refractivity contribution is 0.175. The third kappa shape index (κ3) is 3.80. The molecule has 2 heterocycles. The molecule has 1 aliphatic heterocycles. The second kappa shape index (κ2) is 6.19. The lowest BCUT2D eigenvalue weighted by Crippen LogP contribution is -2.34. The molecule has 19 heavy (non-hydrogen) atoms. The van der Waals surface area contributed by atoms with Crippen LogP contribution in [-0.2, 0) is 6.54 Å². The van der Waals surface area contributed by atoms with Gasteiger partial charge in [-0.1, -0.05) is 6.92 Å². The van der Waals surface area contributed by atoms with Gasteiger partial charge in [-0.05, 0) is 32.1 Å². The SMILES string of the molecule is CC(O)CCn1ncc(N2CCC(C)CC2)cc1=O. The van der Waals surface area contributed by atoms with Crippen molar-refractivity contribution in [3.8, 4) is 0 Å². The van der Waals surface area contributed by atoms with E-state index in [0.717, 1.165) is 24.7 Å². The van der Waals surface area contributed by atoms with Gasteiger partial charge in [-0.2, -0.15) is 5.10 Å². The van der Waals surface area contributed by atoms with Gasteiger partial charge in [0.15, 0.2) is 0 Å². The van der Waals surface area contributed by atoms with E-state index < -0.39 is 6.10 Å². The highest BCUT2D eigenvalue weighted by Gasteiger charge is 2.16. The molecule has 0 spiro atoms. The summed E-state index contributed by atoms with van der Waals surface area (Å²) in [5, 5.41) is 13.4. The summed E-state index contributed by atoms with van der Waals surface area (Å²) >= 11 is 0. The van der Waals surface area contributed by atoms with Gasteiger partial charge in [-0.3, -0.25) is 4.79 Å². The molecule has 1 fully saturated rings. The first-order chi connectivity index (χ1) is 9.06. The second-order valence-corrected chi connectivity index (χ2v) is 5.58. The van der Waals surface area contributed by atoms with E-state index in [4.69, 9.17) is 0 Å². The van der Waals surface area contributed by atoms with Gasteiger partial charge >= 0.3 is 0 Å². The van der Waals surface area contributed by atoms with Crippen LogP contribution in [0.15, 0.2) is 17.1 Å². The van der Waals surface area contributed by atoms with Gasteiger partial charge in [0, 0.05) is 25.7 Å². The topological polar surface area (TPSA) is 58.4 Å². The summed E-state index contributed by atoms with van der Waals surface area (Å²) in [6.07, 6.45) is 4.25. The normalized spacial score (nSPS) is 18.6. The van der Waals surface area contributed by atoms with Crippen LogP contribution in [0.1, 0.15) is 33.1 Å². The van der Waals surface area contributed by atoms with Crippen LogP contribution in [0, 0.1) is 5.92 Å². The monoisotopic (exact) mass is 265 g/mol. The first-order valence-corrected chi connectivity index (χ1v) is 7.06. The summed E-state index contributed by atoms with van der Waals surface area (Å²) in [7, 11) is 0. The summed E-state index contributed by atoms with van der Waals surface area (Å²) in [6.45, 7) is 6.45. The number of aliphatic hydroxyl groups excluding tert-OH is 1. The van der Waals surface area contributed by atoms with E-state index in [-0.39, 0.29) is 5.56 Å². The Morgan fingerprint density at radius 2 is 2.16 bits per heavy atom. The molecule has 1 aromatic rings. The Balaban J connectivity index is 2.04. The molecule has 1 aliphatic rings. The molecule has 1 atom stereocenters. The molecule has 2 rings (SSSR count). The van der Waals surface area contributed by atoms with E-state index in [1.165, 1.54) is 17.5 Å². The molecule has 0 amide bonds. The smallest absolute Gasteiger partial charge is 0.268 e. The average Bonchev–Trinajstić information content (AvgIpc) is 2.38. The Morgan fingerprint density at radius 3 is 2.74 bits per heavy atom. The summed E-state index contributed by atoms with van der Waals surface area (Å²) in [5.74, 6) is 0.774. The van der Waals surface area contributed by atoms with E-state index in [1.54, 1.807) is 19.2 Å². The number of nitrogens with zero attached hydrogens (tertiary/aromatic N) is 3. The molecule has 1 saturated heterocycles. The first-order valence-electron chi connectivity index (χ1n) is 7.06. The molecule has 0 aromatic carbocycles. The van der Waals surface area contributed by atoms with E-state index in [9.17, 15) is 9.90 Å². The van der Waals surface area contributed by atoms with E-state index in [2.05, 4.69) is 16.9 Å². The largest absolute Gasteiger partial charge is 0.393 e. The number of aliphatic hydroxyl groups is 1.